The van der Waals surface area contributed by atoms with Gasteiger partial charge in [0.25, 0.3) is 10.1 Å². The van der Waals surface area contributed by atoms with Gasteiger partial charge >= 0.3 is 45.5 Å². The second-order valence-electron chi connectivity index (χ2n) is 2.12. The second-order valence-corrected chi connectivity index (χ2v) is 3.69. The Kier molecular flexibility index (Phi) is 9.31. The van der Waals surface area contributed by atoms with Crippen LogP contribution >= 0.6 is 0 Å². The summed E-state index contributed by atoms with van der Waals surface area (Å²) in [6, 6.07) is 0. The van der Waals surface area contributed by atoms with Crippen molar-refractivity contribution < 1.29 is 20.6 Å². The van der Waals surface area contributed by atoms with Gasteiger partial charge in [0.15, 0.2) is 0 Å². The summed E-state index contributed by atoms with van der Waals surface area (Å²) in [4.78, 5) is 10.2. The van der Waals surface area contributed by atoms with Crippen LogP contribution in [0.15, 0.2) is 0 Å². The molecule has 0 radical (unpaired) electrons. The van der Waals surface area contributed by atoms with Gasteiger partial charge in [-0.05, 0) is 6.42 Å². The van der Waals surface area contributed by atoms with E-state index in [0.717, 1.165) is 0 Å². The van der Waals surface area contributed by atoms with E-state index in [1.807, 2.05) is 0 Å². The number of carbonyl (C=O) groups excluding carboxylic acids is 1. The van der Waals surface area contributed by atoms with Crippen LogP contribution < -0.4 is 5.32 Å². The smallest absolute Gasteiger partial charge is 1.00 e. The maximum atomic E-state index is 10.2. The Morgan fingerprint density at radius 1 is 1.58 bits per heavy atom. The molecule has 0 aliphatic heterocycles. The molecule has 0 aliphatic rings. The third-order valence-corrected chi connectivity index (χ3v) is 1.76. The second kappa shape index (κ2) is 7.28. The van der Waals surface area contributed by atoms with Gasteiger partial charge in [-0.2, -0.15) is 8.42 Å². The maximum Gasteiger partial charge on any atom is 2.00 e. The van der Waals surface area contributed by atoms with Crippen molar-refractivity contribution in [2.24, 2.45) is 0 Å². The van der Waals surface area contributed by atoms with Crippen LogP contribution in [-0.2, 0) is 14.9 Å². The fraction of sp³-hybridized carbons (Fsp3) is 0.800. The quantitative estimate of drug-likeness (QED) is 0.400. The molecule has 0 unspecified atom stereocenters. The molecule has 1 amide bonds. The van der Waals surface area contributed by atoms with E-state index in [0.29, 0.717) is 0 Å². The molecule has 12 heavy (non-hydrogen) atoms. The van der Waals surface area contributed by atoms with Crippen molar-refractivity contribution in [3.63, 3.8) is 0 Å². The molecule has 70 valence electrons. The Labute approximate surface area is 112 Å². The minimum Gasteiger partial charge on any atom is -1.00 e. The van der Waals surface area contributed by atoms with Crippen LogP contribution in [0.3, 0.4) is 0 Å². The third-order valence-electron chi connectivity index (χ3n) is 0.953. The molecule has 7 heteroatoms. The van der Waals surface area contributed by atoms with Crippen molar-refractivity contribution in [3.05, 3.63) is 0 Å². The van der Waals surface area contributed by atoms with E-state index in [-0.39, 0.29) is 73.0 Å². The van der Waals surface area contributed by atoms with E-state index in [2.05, 4.69) is 5.32 Å². The number of rotatable bonds is 4. The summed E-state index contributed by atoms with van der Waals surface area (Å²) in [5, 5.41) is 2.40. The van der Waals surface area contributed by atoms with Gasteiger partial charge in [-0.15, -0.1) is 0 Å². The molecular formula is C5H13NO4SSr. The maximum absolute atomic E-state index is 10.2. The zero-order valence-corrected chi connectivity index (χ0v) is 11.2. The summed E-state index contributed by atoms with van der Waals surface area (Å²) >= 11 is 0. The predicted molar refractivity (Wildman–Crippen MR) is 47.7 cm³/mol. The molecule has 0 rings (SSSR count). The van der Waals surface area contributed by atoms with E-state index >= 15 is 0 Å². The summed E-state index contributed by atoms with van der Waals surface area (Å²) in [6.45, 7) is 1.61. The number of amides is 1. The minimum atomic E-state index is -3.87. The fourth-order valence-corrected chi connectivity index (χ4v) is 1.03. The molecule has 0 saturated heterocycles. The molecule has 0 saturated carbocycles. The standard InChI is InChI=1S/C5H11NO4S.Sr.2H/c1-5(7)6-3-2-4-11(8,9)10;;;/h2-4H2,1H3,(H,6,7)(H,8,9,10);;;/q;+2;2*-1. The van der Waals surface area contributed by atoms with Crippen molar-refractivity contribution >= 4 is 61.5 Å². The Morgan fingerprint density at radius 3 is 2.42 bits per heavy atom. The Hall–Kier alpha value is 0.861. The topological polar surface area (TPSA) is 83.5 Å². The van der Waals surface area contributed by atoms with Crippen LogP contribution in [0.25, 0.3) is 0 Å². The molecule has 0 aromatic rings. The largest absolute Gasteiger partial charge is 2.00 e. The first-order valence-corrected chi connectivity index (χ1v) is 4.72. The van der Waals surface area contributed by atoms with Gasteiger partial charge in [-0.3, -0.25) is 9.35 Å². The Bertz CT molecular complexity index is 234. The summed E-state index contributed by atoms with van der Waals surface area (Å²) in [7, 11) is -3.87. The van der Waals surface area contributed by atoms with E-state index in [1.54, 1.807) is 0 Å². The van der Waals surface area contributed by atoms with Gasteiger partial charge in [0.05, 0.1) is 5.75 Å². The molecule has 0 aromatic carbocycles. The zero-order chi connectivity index (χ0) is 8.91. The SMILES string of the molecule is CC(=O)NCCCS(=O)(=O)O.[H-].[H-].[Sr+2]. The van der Waals surface area contributed by atoms with Crippen LogP contribution in [-0.4, -0.2) is 76.7 Å². The minimum absolute atomic E-state index is 0. The Balaban J connectivity index is -0.000000167. The molecule has 0 aliphatic carbocycles. The van der Waals surface area contributed by atoms with Crippen molar-refractivity contribution in [1.29, 1.82) is 0 Å². The zero-order valence-electron chi connectivity index (χ0n) is 8.91. The van der Waals surface area contributed by atoms with Crippen molar-refractivity contribution in [3.8, 4) is 0 Å². The Morgan fingerprint density at radius 2 is 2.08 bits per heavy atom. The fourth-order valence-electron chi connectivity index (χ4n) is 0.519. The number of nitrogens with one attached hydrogen (secondary N) is 1. The summed E-state index contributed by atoms with van der Waals surface area (Å²) in [5.41, 5.74) is 0. The van der Waals surface area contributed by atoms with Gasteiger partial charge in [0.2, 0.25) is 5.91 Å². The van der Waals surface area contributed by atoms with E-state index < -0.39 is 10.1 Å². The molecular weight excluding hydrogens is 258 g/mol. The van der Waals surface area contributed by atoms with E-state index in [1.165, 1.54) is 6.92 Å². The van der Waals surface area contributed by atoms with E-state index in [4.69, 9.17) is 4.55 Å². The average molecular weight is 271 g/mol. The molecule has 0 aromatic heterocycles. The van der Waals surface area contributed by atoms with Gasteiger partial charge < -0.3 is 8.17 Å². The van der Waals surface area contributed by atoms with Gasteiger partial charge in [-0.25, -0.2) is 0 Å². The van der Waals surface area contributed by atoms with Crippen LogP contribution in [0.4, 0.5) is 0 Å². The first kappa shape index (κ1) is 15.3. The molecule has 5 nitrogen and oxygen atoms in total. The molecule has 0 fully saturated rings. The molecule has 0 bridgehead atoms. The number of carbonyl (C=O) groups is 1. The normalized spacial score (nSPS) is 10.2. The monoisotopic (exact) mass is 271 g/mol. The first-order chi connectivity index (χ1) is 4.92. The third kappa shape index (κ3) is 13.5. The van der Waals surface area contributed by atoms with Crippen LogP contribution in [0.5, 0.6) is 0 Å². The van der Waals surface area contributed by atoms with Gasteiger partial charge in [-0.1, -0.05) is 0 Å². The van der Waals surface area contributed by atoms with Crippen molar-refractivity contribution in [2.75, 3.05) is 12.3 Å². The van der Waals surface area contributed by atoms with Crippen molar-refractivity contribution in [2.45, 2.75) is 13.3 Å². The van der Waals surface area contributed by atoms with Gasteiger partial charge in [0.1, 0.15) is 0 Å². The predicted octanol–water partition coefficient (Wildman–Crippen LogP) is -0.755. The molecule has 0 heterocycles. The van der Waals surface area contributed by atoms with Crippen LogP contribution in [0, 0.1) is 0 Å². The van der Waals surface area contributed by atoms with E-state index in [9.17, 15) is 13.2 Å². The number of hydrogen-bond acceptors (Lipinski definition) is 3. The van der Waals surface area contributed by atoms with Crippen LogP contribution in [0.1, 0.15) is 16.2 Å². The summed E-state index contributed by atoms with van der Waals surface area (Å²) in [6.07, 6.45) is 0.235. The number of hydrogen-bond donors (Lipinski definition) is 2. The van der Waals surface area contributed by atoms with Gasteiger partial charge in [0, 0.05) is 13.5 Å². The molecule has 0 spiro atoms. The summed E-state index contributed by atoms with van der Waals surface area (Å²) < 4.78 is 28.5. The van der Waals surface area contributed by atoms with Crippen molar-refractivity contribution in [1.82, 2.24) is 5.32 Å². The summed E-state index contributed by atoms with van der Waals surface area (Å²) in [5.74, 6) is -0.520. The first-order valence-electron chi connectivity index (χ1n) is 3.11. The van der Waals surface area contributed by atoms with Crippen LogP contribution in [0.2, 0.25) is 0 Å². The molecule has 0 atom stereocenters. The molecule has 2 N–H and O–H groups in total. The average Bonchev–Trinajstić information content (AvgIpc) is 1.78.